The molecule has 196 valence electrons. The largest absolute Gasteiger partial charge is 0.511 e. The van der Waals surface area contributed by atoms with Crippen LogP contribution < -0.4 is 0 Å². The molecular formula is C30H27FO7. The molecule has 7 nitrogen and oxygen atoms in total. The van der Waals surface area contributed by atoms with Gasteiger partial charge in [0.2, 0.25) is 0 Å². The van der Waals surface area contributed by atoms with Crippen molar-refractivity contribution >= 4 is 39.5 Å². The van der Waals surface area contributed by atoms with Crippen molar-refractivity contribution in [3.05, 3.63) is 107 Å². The standard InChI is InChI=1S/C18H16O5.C12H10O2.FH/c1-18(2)22-16(20)15(17(21)23-18)14(19)10-12-8-5-7-11-6-3-4-9-13(11)12;13-12(14)8-10-6-3-5-9-4-1-2-7-11(9)10;/h3-9,19H,10H2,1-2H3;1-7H,8H2,(H,13,14);1H. The lowest BCUT2D eigenvalue weighted by Crippen LogP contribution is -2.42. The first-order valence-corrected chi connectivity index (χ1v) is 11.7. The summed E-state index contributed by atoms with van der Waals surface area (Å²) >= 11 is 0. The number of aliphatic hydroxyl groups excluding tert-OH is 1. The van der Waals surface area contributed by atoms with E-state index in [0.29, 0.717) is 0 Å². The van der Waals surface area contributed by atoms with E-state index < -0.39 is 29.3 Å². The molecule has 5 rings (SSSR count). The second-order valence-corrected chi connectivity index (χ2v) is 9.02. The van der Waals surface area contributed by atoms with Gasteiger partial charge < -0.3 is 19.7 Å². The average Bonchev–Trinajstić information content (AvgIpc) is 2.83. The zero-order chi connectivity index (χ0) is 26.6. The van der Waals surface area contributed by atoms with Crippen LogP contribution in [0.4, 0.5) is 4.70 Å². The molecule has 1 aliphatic heterocycles. The molecule has 1 heterocycles. The van der Waals surface area contributed by atoms with Crippen LogP contribution >= 0.6 is 0 Å². The van der Waals surface area contributed by atoms with Gasteiger partial charge in [0.25, 0.3) is 5.79 Å². The first kappa shape index (κ1) is 27.9. The van der Waals surface area contributed by atoms with E-state index in [-0.39, 0.29) is 23.3 Å². The summed E-state index contributed by atoms with van der Waals surface area (Å²) in [6.07, 6.45) is 0.128. The maximum Gasteiger partial charge on any atom is 0.352 e. The van der Waals surface area contributed by atoms with Crippen molar-refractivity contribution in [1.29, 1.82) is 0 Å². The Morgan fingerprint density at radius 3 is 1.58 bits per heavy atom. The number of halogens is 1. The van der Waals surface area contributed by atoms with Gasteiger partial charge in [0.05, 0.1) is 6.42 Å². The normalized spacial score (nSPS) is 14.0. The predicted molar refractivity (Wildman–Crippen MR) is 141 cm³/mol. The number of benzene rings is 4. The molecule has 4 aromatic rings. The lowest BCUT2D eigenvalue weighted by atomic mass is 10.00. The first-order valence-electron chi connectivity index (χ1n) is 11.7. The van der Waals surface area contributed by atoms with Gasteiger partial charge in [0.15, 0.2) is 5.57 Å². The number of carboxylic acids is 1. The minimum atomic E-state index is -1.32. The van der Waals surface area contributed by atoms with Crippen LogP contribution in [-0.2, 0) is 36.7 Å². The van der Waals surface area contributed by atoms with Gasteiger partial charge in [-0.25, -0.2) is 9.59 Å². The van der Waals surface area contributed by atoms with Crippen LogP contribution in [0.15, 0.2) is 96.3 Å². The number of carbonyl (C=O) groups is 3. The molecule has 1 aliphatic rings. The Morgan fingerprint density at radius 2 is 1.11 bits per heavy atom. The van der Waals surface area contributed by atoms with Gasteiger partial charge in [-0.2, -0.15) is 0 Å². The highest BCUT2D eigenvalue weighted by Crippen LogP contribution is 2.27. The van der Waals surface area contributed by atoms with E-state index in [1.54, 1.807) is 0 Å². The number of hydrogen-bond donors (Lipinski definition) is 2. The van der Waals surface area contributed by atoms with Gasteiger partial charge in [0, 0.05) is 20.3 Å². The van der Waals surface area contributed by atoms with Crippen molar-refractivity contribution in [3.8, 4) is 0 Å². The van der Waals surface area contributed by atoms with Crippen LogP contribution in [0.1, 0.15) is 25.0 Å². The highest BCUT2D eigenvalue weighted by atomic mass is 19.0. The van der Waals surface area contributed by atoms with Gasteiger partial charge in [0.1, 0.15) is 5.76 Å². The number of esters is 2. The number of rotatable bonds is 4. The molecule has 0 bridgehead atoms. The summed E-state index contributed by atoms with van der Waals surface area (Å²) in [6.45, 7) is 2.92. The monoisotopic (exact) mass is 518 g/mol. The van der Waals surface area contributed by atoms with Gasteiger partial charge in [-0.1, -0.05) is 84.9 Å². The van der Waals surface area contributed by atoms with Crippen molar-refractivity contribution in [1.82, 2.24) is 0 Å². The van der Waals surface area contributed by atoms with Crippen LogP contribution in [0.5, 0.6) is 0 Å². The summed E-state index contributed by atoms with van der Waals surface area (Å²) in [5.41, 5.74) is 1.23. The molecule has 0 spiro atoms. The van der Waals surface area contributed by atoms with Crippen molar-refractivity contribution in [3.63, 3.8) is 0 Å². The van der Waals surface area contributed by atoms with Crippen LogP contribution in [-0.4, -0.2) is 33.9 Å². The Balaban J connectivity index is 0.000000229. The van der Waals surface area contributed by atoms with Gasteiger partial charge in [-0.15, -0.1) is 0 Å². The van der Waals surface area contributed by atoms with Gasteiger partial charge >= 0.3 is 17.9 Å². The van der Waals surface area contributed by atoms with Crippen LogP contribution in [0.25, 0.3) is 21.5 Å². The zero-order valence-corrected chi connectivity index (χ0v) is 20.8. The Labute approximate surface area is 218 Å². The van der Waals surface area contributed by atoms with E-state index in [1.165, 1.54) is 13.8 Å². The van der Waals surface area contributed by atoms with Crippen LogP contribution in [0.3, 0.4) is 0 Å². The number of ether oxygens (including phenoxy) is 2. The second-order valence-electron chi connectivity index (χ2n) is 9.02. The summed E-state index contributed by atoms with van der Waals surface area (Å²) < 4.78 is 10.0. The fourth-order valence-electron chi connectivity index (χ4n) is 4.21. The topological polar surface area (TPSA) is 110 Å². The Bertz CT molecular complexity index is 1510. The van der Waals surface area contributed by atoms with Crippen molar-refractivity contribution in [2.24, 2.45) is 0 Å². The number of hydrogen-bond acceptors (Lipinski definition) is 6. The molecule has 38 heavy (non-hydrogen) atoms. The summed E-state index contributed by atoms with van der Waals surface area (Å²) in [6, 6.07) is 26.9. The average molecular weight is 519 g/mol. The SMILES string of the molecule is CC1(C)OC(=O)C(=C(O)Cc2cccc3ccccc23)C(=O)O1.F.O=C(O)Cc1cccc2ccccc12. The fourth-order valence-corrected chi connectivity index (χ4v) is 4.21. The molecule has 0 amide bonds. The van der Waals surface area contributed by atoms with Crippen molar-refractivity contribution in [2.45, 2.75) is 32.5 Å². The number of aliphatic carboxylic acids is 1. The summed E-state index contributed by atoms with van der Waals surface area (Å²) in [7, 11) is 0. The molecule has 0 atom stereocenters. The van der Waals surface area contributed by atoms with E-state index in [4.69, 9.17) is 14.6 Å². The quantitative estimate of drug-likeness (QED) is 0.155. The van der Waals surface area contributed by atoms with E-state index >= 15 is 0 Å². The molecule has 1 fully saturated rings. The molecular weight excluding hydrogens is 491 g/mol. The number of allylic oxidation sites excluding steroid dienone is 1. The van der Waals surface area contributed by atoms with Crippen LogP contribution in [0.2, 0.25) is 0 Å². The summed E-state index contributed by atoms with van der Waals surface area (Å²) in [5, 5.41) is 23.1. The zero-order valence-electron chi connectivity index (χ0n) is 20.8. The number of cyclic esters (lactones) is 2. The molecule has 1 saturated heterocycles. The molecule has 4 aromatic carbocycles. The molecule has 0 aliphatic carbocycles. The minimum absolute atomic E-state index is 0. The molecule has 0 unspecified atom stereocenters. The Hall–Kier alpha value is -4.72. The van der Waals surface area contributed by atoms with E-state index in [9.17, 15) is 19.5 Å². The Morgan fingerprint density at radius 1 is 0.684 bits per heavy atom. The Kier molecular flexibility index (Phi) is 8.47. The molecule has 0 saturated carbocycles. The minimum Gasteiger partial charge on any atom is -0.511 e. The lowest BCUT2D eigenvalue weighted by Gasteiger charge is -2.30. The fraction of sp³-hybridized carbons (Fsp3) is 0.167. The summed E-state index contributed by atoms with van der Waals surface area (Å²) in [4.78, 5) is 34.6. The lowest BCUT2D eigenvalue weighted by molar-refractivity contribution is -0.222. The van der Waals surface area contributed by atoms with Gasteiger partial charge in [-0.3, -0.25) is 9.50 Å². The van der Waals surface area contributed by atoms with E-state index in [2.05, 4.69) is 0 Å². The predicted octanol–water partition coefficient (Wildman–Crippen LogP) is 5.65. The highest BCUT2D eigenvalue weighted by Gasteiger charge is 2.41. The molecule has 2 N–H and O–H groups in total. The maximum absolute atomic E-state index is 12.0. The molecule has 8 heteroatoms. The van der Waals surface area contributed by atoms with Crippen molar-refractivity contribution in [2.75, 3.05) is 0 Å². The second kappa shape index (κ2) is 11.6. The first-order chi connectivity index (χ1) is 17.6. The van der Waals surface area contributed by atoms with Gasteiger partial charge in [-0.05, 0) is 32.7 Å². The number of carbonyl (C=O) groups excluding carboxylic acids is 2. The smallest absolute Gasteiger partial charge is 0.352 e. The maximum atomic E-state index is 12.0. The number of aliphatic hydroxyl groups is 1. The molecule has 0 radical (unpaired) electrons. The third-order valence-electron chi connectivity index (χ3n) is 5.83. The molecule has 0 aromatic heterocycles. The third kappa shape index (κ3) is 6.34. The van der Waals surface area contributed by atoms with Crippen molar-refractivity contribution < 1.29 is 38.8 Å². The number of carboxylic acid groups (broad SMARTS) is 1. The van der Waals surface area contributed by atoms with E-state index in [1.807, 2.05) is 84.9 Å². The highest BCUT2D eigenvalue weighted by molar-refractivity contribution is 6.15. The van der Waals surface area contributed by atoms with Crippen LogP contribution in [0, 0.1) is 0 Å². The summed E-state index contributed by atoms with van der Waals surface area (Å²) in [5.74, 6) is -4.21. The third-order valence-corrected chi connectivity index (χ3v) is 5.83. The van der Waals surface area contributed by atoms with E-state index in [0.717, 1.165) is 32.7 Å². The number of fused-ring (bicyclic) bond motifs is 2.